The number of hydrazine groups is 1. The first-order chi connectivity index (χ1) is 8.86. The molecule has 1 heterocycles. The van der Waals surface area contributed by atoms with Gasteiger partial charge in [-0.15, -0.1) is 0 Å². The molecule has 1 atom stereocenters. The fourth-order valence-corrected chi connectivity index (χ4v) is 1.38. The normalized spacial score (nSPS) is 14.1. The average Bonchev–Trinajstić information content (AvgIpc) is 2.73. The second-order valence-corrected chi connectivity index (χ2v) is 4.10. The van der Waals surface area contributed by atoms with E-state index in [1.807, 2.05) is 0 Å². The summed E-state index contributed by atoms with van der Waals surface area (Å²) < 4.78 is 55.3. The molecule has 0 radical (unpaired) electrons. The van der Waals surface area contributed by atoms with Crippen molar-refractivity contribution < 1.29 is 22.3 Å². The molecule has 9 heteroatoms. The molecule has 0 fully saturated rings. The molecule has 0 aliphatic rings. The first kappa shape index (κ1) is 15.9. The number of nitrogens with zero attached hydrogens (tertiary/aromatic N) is 2. The summed E-state index contributed by atoms with van der Waals surface area (Å²) in [7, 11) is 1.77. The van der Waals surface area contributed by atoms with E-state index in [9.17, 15) is 17.6 Å². The highest BCUT2D eigenvalue weighted by Gasteiger charge is 2.41. The fraction of sp³-hybridized carbons (Fsp3) is 0.700. The van der Waals surface area contributed by atoms with E-state index in [-0.39, 0.29) is 6.61 Å². The largest absolute Gasteiger partial charge is 0.373 e. The number of nitrogens with one attached hydrogen (secondary N) is 1. The summed E-state index contributed by atoms with van der Waals surface area (Å²) in [6.45, 7) is -1.56. The zero-order valence-corrected chi connectivity index (χ0v) is 10.3. The smallest absolute Gasteiger partial charge is 0.330 e. The minimum absolute atomic E-state index is 0.217. The molecule has 1 rings (SSSR count). The Morgan fingerprint density at radius 3 is 2.68 bits per heavy atom. The summed E-state index contributed by atoms with van der Waals surface area (Å²) in [5, 5.41) is 0. The van der Waals surface area contributed by atoms with E-state index >= 15 is 0 Å². The van der Waals surface area contributed by atoms with Crippen molar-refractivity contribution in [3.05, 3.63) is 18.2 Å². The molecular weight excluding hydrogens is 268 g/mol. The fourth-order valence-electron chi connectivity index (χ4n) is 1.38. The first-order valence-electron chi connectivity index (χ1n) is 5.53. The number of imidazole rings is 1. The molecule has 110 valence electrons. The van der Waals surface area contributed by atoms with Crippen LogP contribution in [0, 0.1) is 0 Å². The van der Waals surface area contributed by atoms with Crippen molar-refractivity contribution >= 4 is 0 Å². The number of aryl methyl sites for hydroxylation is 1. The van der Waals surface area contributed by atoms with E-state index in [0.29, 0.717) is 12.2 Å². The first-order valence-corrected chi connectivity index (χ1v) is 5.53. The Morgan fingerprint density at radius 2 is 2.21 bits per heavy atom. The number of ether oxygens (including phenoxy) is 1. The van der Waals surface area contributed by atoms with Gasteiger partial charge in [-0.1, -0.05) is 0 Å². The number of nitrogens with two attached hydrogens (primary N) is 1. The molecule has 1 aromatic heterocycles. The maximum Gasteiger partial charge on any atom is 0.330 e. The zero-order chi connectivity index (χ0) is 14.5. The van der Waals surface area contributed by atoms with Gasteiger partial charge in [0.25, 0.3) is 0 Å². The molecule has 0 aliphatic carbocycles. The van der Waals surface area contributed by atoms with Crippen LogP contribution in [-0.2, 0) is 18.2 Å². The van der Waals surface area contributed by atoms with Crippen LogP contribution in [0.4, 0.5) is 17.6 Å². The molecule has 0 aromatic carbocycles. The molecule has 0 saturated heterocycles. The summed E-state index contributed by atoms with van der Waals surface area (Å²) in [6.07, 6.45) is -0.115. The number of hydrogen-bond donors (Lipinski definition) is 2. The average molecular weight is 284 g/mol. The standard InChI is InChI=1S/C10H16F4N4O/c1-18-3-2-16-8(18)4-7(17-15)5-19-6-10(13,14)9(11)12/h2-3,7,9,17H,4-6,15H2,1H3. The zero-order valence-electron chi connectivity index (χ0n) is 10.3. The molecule has 3 N–H and O–H groups in total. The van der Waals surface area contributed by atoms with Gasteiger partial charge >= 0.3 is 12.3 Å². The lowest BCUT2D eigenvalue weighted by molar-refractivity contribution is -0.167. The Bertz CT molecular complexity index is 385. The van der Waals surface area contributed by atoms with Crippen LogP contribution < -0.4 is 11.3 Å². The van der Waals surface area contributed by atoms with Crippen molar-refractivity contribution in [1.82, 2.24) is 15.0 Å². The van der Waals surface area contributed by atoms with Crippen LogP contribution in [0.1, 0.15) is 5.82 Å². The molecule has 0 bridgehead atoms. The van der Waals surface area contributed by atoms with Crippen molar-refractivity contribution in [2.24, 2.45) is 12.9 Å². The van der Waals surface area contributed by atoms with Crippen LogP contribution in [0.25, 0.3) is 0 Å². The predicted octanol–water partition coefficient (Wildman–Crippen LogP) is 0.712. The quantitative estimate of drug-likeness (QED) is 0.419. The molecule has 1 aromatic rings. The van der Waals surface area contributed by atoms with Crippen molar-refractivity contribution in [2.75, 3.05) is 13.2 Å². The molecule has 0 spiro atoms. The summed E-state index contributed by atoms with van der Waals surface area (Å²) in [6, 6.07) is -0.491. The van der Waals surface area contributed by atoms with Crippen LogP contribution in [0.15, 0.2) is 12.4 Å². The molecule has 5 nitrogen and oxygen atoms in total. The Hall–Kier alpha value is -1.19. The summed E-state index contributed by atoms with van der Waals surface area (Å²) in [5.74, 6) is 1.77. The lowest BCUT2D eigenvalue weighted by Crippen LogP contribution is -2.42. The molecule has 0 saturated carbocycles. The topological polar surface area (TPSA) is 65.1 Å². The Morgan fingerprint density at radius 1 is 1.53 bits per heavy atom. The highest BCUT2D eigenvalue weighted by atomic mass is 19.3. The van der Waals surface area contributed by atoms with E-state index in [1.54, 1.807) is 24.0 Å². The molecule has 19 heavy (non-hydrogen) atoms. The van der Waals surface area contributed by atoms with Gasteiger partial charge < -0.3 is 9.30 Å². The number of aromatic nitrogens is 2. The third kappa shape index (κ3) is 4.77. The highest BCUT2D eigenvalue weighted by Crippen LogP contribution is 2.22. The SMILES string of the molecule is Cn1ccnc1CC(COCC(F)(F)C(F)F)NN. The Balaban J connectivity index is 2.40. The van der Waals surface area contributed by atoms with Gasteiger partial charge in [-0.25, -0.2) is 13.8 Å². The predicted molar refractivity (Wildman–Crippen MR) is 59.8 cm³/mol. The van der Waals surface area contributed by atoms with Gasteiger partial charge in [-0.2, -0.15) is 8.78 Å². The van der Waals surface area contributed by atoms with Crippen molar-refractivity contribution in [3.8, 4) is 0 Å². The number of alkyl halides is 4. The van der Waals surface area contributed by atoms with Gasteiger partial charge in [0, 0.05) is 25.9 Å². The van der Waals surface area contributed by atoms with Gasteiger partial charge in [0.1, 0.15) is 12.4 Å². The van der Waals surface area contributed by atoms with Crippen LogP contribution >= 0.6 is 0 Å². The van der Waals surface area contributed by atoms with Crippen molar-refractivity contribution in [2.45, 2.75) is 24.8 Å². The minimum atomic E-state index is -4.15. The maximum absolute atomic E-state index is 12.6. The van der Waals surface area contributed by atoms with E-state index in [0.717, 1.165) is 0 Å². The van der Waals surface area contributed by atoms with Gasteiger partial charge in [-0.3, -0.25) is 11.3 Å². The van der Waals surface area contributed by atoms with Crippen LogP contribution in [0.3, 0.4) is 0 Å². The summed E-state index contributed by atoms with van der Waals surface area (Å²) in [4.78, 5) is 4.03. The van der Waals surface area contributed by atoms with Crippen LogP contribution in [0.2, 0.25) is 0 Å². The van der Waals surface area contributed by atoms with Gasteiger partial charge in [0.2, 0.25) is 0 Å². The number of halogens is 4. The molecule has 0 amide bonds. The van der Waals surface area contributed by atoms with E-state index in [1.165, 1.54) is 0 Å². The van der Waals surface area contributed by atoms with Gasteiger partial charge in [0.05, 0.1) is 12.6 Å². The van der Waals surface area contributed by atoms with Crippen molar-refractivity contribution in [3.63, 3.8) is 0 Å². The van der Waals surface area contributed by atoms with E-state index < -0.39 is 25.0 Å². The Kier molecular flexibility index (Phi) is 5.70. The minimum Gasteiger partial charge on any atom is -0.373 e. The van der Waals surface area contributed by atoms with Crippen LogP contribution in [-0.4, -0.2) is 41.2 Å². The third-order valence-corrected chi connectivity index (χ3v) is 2.52. The number of rotatable bonds is 8. The molecular formula is C10H16F4N4O. The second kappa shape index (κ2) is 6.83. The third-order valence-electron chi connectivity index (χ3n) is 2.52. The molecule has 1 unspecified atom stereocenters. The Labute approximate surface area is 107 Å². The van der Waals surface area contributed by atoms with E-state index in [2.05, 4.69) is 15.1 Å². The number of hydrogen-bond acceptors (Lipinski definition) is 4. The monoisotopic (exact) mass is 284 g/mol. The summed E-state index contributed by atoms with van der Waals surface area (Å²) in [5.41, 5.74) is 2.37. The van der Waals surface area contributed by atoms with Gasteiger partial charge in [-0.05, 0) is 0 Å². The lowest BCUT2D eigenvalue weighted by Gasteiger charge is -2.19. The summed E-state index contributed by atoms with van der Waals surface area (Å²) >= 11 is 0. The highest BCUT2D eigenvalue weighted by molar-refractivity contribution is 4.94. The van der Waals surface area contributed by atoms with Crippen molar-refractivity contribution in [1.29, 1.82) is 0 Å². The molecule has 0 aliphatic heterocycles. The maximum atomic E-state index is 12.6. The van der Waals surface area contributed by atoms with Gasteiger partial charge in [0.15, 0.2) is 0 Å². The van der Waals surface area contributed by atoms with E-state index in [4.69, 9.17) is 5.84 Å². The lowest BCUT2D eigenvalue weighted by atomic mass is 10.2. The van der Waals surface area contributed by atoms with Crippen LogP contribution in [0.5, 0.6) is 0 Å². The second-order valence-electron chi connectivity index (χ2n) is 4.10.